The average molecular weight is 303 g/mol. The third kappa shape index (κ3) is 3.05. The van der Waals surface area contributed by atoms with E-state index in [0.29, 0.717) is 0 Å². The van der Waals surface area contributed by atoms with Crippen molar-refractivity contribution >= 4 is 17.2 Å². The van der Waals surface area contributed by atoms with Crippen LogP contribution in [0.1, 0.15) is 60.5 Å². The summed E-state index contributed by atoms with van der Waals surface area (Å²) in [6, 6.07) is 6.07. The molecule has 0 bridgehead atoms. The van der Waals surface area contributed by atoms with Crippen LogP contribution in [0.4, 0.5) is 0 Å². The maximum Gasteiger partial charge on any atom is 0.255 e. The second kappa shape index (κ2) is 6.48. The van der Waals surface area contributed by atoms with Gasteiger partial charge in [-0.2, -0.15) is 11.3 Å². The van der Waals surface area contributed by atoms with E-state index in [1.807, 2.05) is 33.9 Å². The van der Waals surface area contributed by atoms with Crippen LogP contribution >= 0.6 is 11.3 Å². The van der Waals surface area contributed by atoms with Gasteiger partial charge in [-0.05, 0) is 36.4 Å². The fourth-order valence-electron chi connectivity index (χ4n) is 2.96. The third-order valence-electron chi connectivity index (χ3n) is 4.14. The molecule has 0 spiro atoms. The predicted molar refractivity (Wildman–Crippen MR) is 84.7 cm³/mol. The van der Waals surface area contributed by atoms with Crippen LogP contribution in [0.15, 0.2) is 33.4 Å². The van der Waals surface area contributed by atoms with Gasteiger partial charge in [-0.1, -0.05) is 19.8 Å². The predicted octanol–water partition coefficient (Wildman–Crippen LogP) is 4.66. The molecule has 0 saturated carbocycles. The van der Waals surface area contributed by atoms with Gasteiger partial charge in [-0.3, -0.25) is 4.79 Å². The Balaban J connectivity index is 1.88. The summed E-state index contributed by atoms with van der Waals surface area (Å²) in [7, 11) is 0. The van der Waals surface area contributed by atoms with E-state index in [1.54, 1.807) is 11.3 Å². The van der Waals surface area contributed by atoms with Crippen LogP contribution in [0.5, 0.6) is 0 Å². The molecule has 21 heavy (non-hydrogen) atoms. The molecule has 1 unspecified atom stereocenters. The van der Waals surface area contributed by atoms with E-state index < -0.39 is 0 Å². The molecule has 2 aromatic rings. The van der Waals surface area contributed by atoms with Gasteiger partial charge >= 0.3 is 0 Å². The first-order chi connectivity index (χ1) is 10.3. The van der Waals surface area contributed by atoms with Gasteiger partial charge in [-0.25, -0.2) is 0 Å². The normalized spacial score (nSPS) is 19.5. The lowest BCUT2D eigenvalue weighted by Crippen LogP contribution is -2.34. The van der Waals surface area contributed by atoms with Gasteiger partial charge in [0.1, 0.15) is 11.5 Å². The maximum absolute atomic E-state index is 12.8. The van der Waals surface area contributed by atoms with E-state index in [2.05, 4.69) is 6.92 Å². The summed E-state index contributed by atoms with van der Waals surface area (Å²) in [5, 5.41) is 3.89. The molecule has 0 aliphatic carbocycles. The number of likely N-dealkylation sites (tertiary alicyclic amines) is 1. The molecule has 1 aliphatic rings. The van der Waals surface area contributed by atoms with Crippen molar-refractivity contribution in [2.24, 2.45) is 0 Å². The highest BCUT2D eigenvalue weighted by atomic mass is 32.1. The van der Waals surface area contributed by atoms with Crippen LogP contribution in [0.3, 0.4) is 0 Å². The second-order valence-corrected chi connectivity index (χ2v) is 6.31. The Morgan fingerprint density at radius 2 is 2.24 bits per heavy atom. The summed E-state index contributed by atoms with van der Waals surface area (Å²) in [5.74, 6) is 2.08. The van der Waals surface area contributed by atoms with Crippen LogP contribution in [-0.4, -0.2) is 17.4 Å². The van der Waals surface area contributed by atoms with E-state index >= 15 is 0 Å². The zero-order valence-electron chi connectivity index (χ0n) is 12.4. The molecule has 0 radical (unpaired) electrons. The van der Waals surface area contributed by atoms with E-state index in [1.165, 1.54) is 6.42 Å². The van der Waals surface area contributed by atoms with Gasteiger partial charge in [0.05, 0.1) is 11.6 Å². The SMILES string of the molecule is CCc1ccc(C2CCCCCN2C(=O)c2ccsc2)o1. The Hall–Kier alpha value is -1.55. The van der Waals surface area contributed by atoms with Gasteiger partial charge in [-0.15, -0.1) is 0 Å². The van der Waals surface area contributed by atoms with Crippen LogP contribution < -0.4 is 0 Å². The number of rotatable bonds is 3. The fraction of sp³-hybridized carbons (Fsp3) is 0.471. The van der Waals surface area contributed by atoms with Crippen molar-refractivity contribution in [1.29, 1.82) is 0 Å². The van der Waals surface area contributed by atoms with E-state index in [0.717, 1.165) is 49.3 Å². The molecule has 1 aliphatic heterocycles. The zero-order chi connectivity index (χ0) is 14.7. The smallest absolute Gasteiger partial charge is 0.255 e. The number of furan rings is 1. The number of carbonyl (C=O) groups excluding carboxylic acids is 1. The van der Waals surface area contributed by atoms with Crippen molar-refractivity contribution in [2.75, 3.05) is 6.54 Å². The molecule has 112 valence electrons. The van der Waals surface area contributed by atoms with Gasteiger partial charge in [0, 0.05) is 18.3 Å². The monoisotopic (exact) mass is 303 g/mol. The van der Waals surface area contributed by atoms with Crippen molar-refractivity contribution in [2.45, 2.75) is 45.1 Å². The first-order valence-corrected chi connectivity index (χ1v) is 8.65. The molecule has 1 saturated heterocycles. The number of thiophene rings is 1. The Kier molecular flexibility index (Phi) is 4.44. The number of aryl methyl sites for hydroxylation is 1. The lowest BCUT2D eigenvalue weighted by molar-refractivity contribution is 0.0657. The minimum absolute atomic E-state index is 0.0835. The Morgan fingerprint density at radius 1 is 1.33 bits per heavy atom. The van der Waals surface area contributed by atoms with E-state index in [4.69, 9.17) is 4.42 Å². The summed E-state index contributed by atoms with van der Waals surface area (Å²) in [5.41, 5.74) is 0.800. The molecule has 1 amide bonds. The molecular weight excluding hydrogens is 282 g/mol. The van der Waals surface area contributed by atoms with Crippen molar-refractivity contribution in [3.05, 3.63) is 46.0 Å². The fourth-order valence-corrected chi connectivity index (χ4v) is 3.59. The minimum Gasteiger partial charge on any atom is -0.464 e. The number of carbonyl (C=O) groups is 1. The number of hydrogen-bond donors (Lipinski definition) is 0. The molecule has 0 aromatic carbocycles. The minimum atomic E-state index is 0.0835. The molecule has 1 atom stereocenters. The van der Waals surface area contributed by atoms with Crippen LogP contribution in [0.2, 0.25) is 0 Å². The van der Waals surface area contributed by atoms with Crippen molar-refractivity contribution < 1.29 is 9.21 Å². The Morgan fingerprint density at radius 3 is 2.95 bits per heavy atom. The molecular formula is C17H21NO2S. The second-order valence-electron chi connectivity index (χ2n) is 5.53. The number of hydrogen-bond acceptors (Lipinski definition) is 3. The molecule has 4 heteroatoms. The Bertz CT molecular complexity index is 588. The number of nitrogens with zero attached hydrogens (tertiary/aromatic N) is 1. The third-order valence-corrected chi connectivity index (χ3v) is 4.82. The van der Waals surface area contributed by atoms with E-state index in [9.17, 15) is 4.79 Å². The zero-order valence-corrected chi connectivity index (χ0v) is 13.2. The lowest BCUT2D eigenvalue weighted by atomic mass is 10.1. The lowest BCUT2D eigenvalue weighted by Gasteiger charge is -2.28. The quantitative estimate of drug-likeness (QED) is 0.826. The van der Waals surface area contributed by atoms with Crippen molar-refractivity contribution in [3.8, 4) is 0 Å². The topological polar surface area (TPSA) is 33.5 Å². The van der Waals surface area contributed by atoms with Gasteiger partial charge < -0.3 is 9.32 Å². The summed E-state index contributed by atoms with van der Waals surface area (Å²) in [6.07, 6.45) is 5.30. The van der Waals surface area contributed by atoms with Gasteiger partial charge in [0.2, 0.25) is 0 Å². The largest absolute Gasteiger partial charge is 0.464 e. The van der Waals surface area contributed by atoms with Crippen molar-refractivity contribution in [3.63, 3.8) is 0 Å². The molecule has 3 rings (SSSR count). The van der Waals surface area contributed by atoms with Crippen LogP contribution in [0, 0.1) is 0 Å². The van der Waals surface area contributed by atoms with Gasteiger partial charge in [0.15, 0.2) is 0 Å². The standard InChI is InChI=1S/C17H21NO2S/c1-2-14-7-8-16(20-14)15-6-4-3-5-10-18(15)17(19)13-9-11-21-12-13/h7-9,11-12,15H,2-6,10H2,1H3. The summed E-state index contributed by atoms with van der Waals surface area (Å²) < 4.78 is 5.93. The first-order valence-electron chi connectivity index (χ1n) is 7.71. The maximum atomic E-state index is 12.8. The molecule has 3 nitrogen and oxygen atoms in total. The molecule has 2 aromatic heterocycles. The molecule has 0 N–H and O–H groups in total. The van der Waals surface area contributed by atoms with Crippen molar-refractivity contribution in [1.82, 2.24) is 4.90 Å². The highest BCUT2D eigenvalue weighted by molar-refractivity contribution is 7.08. The highest BCUT2D eigenvalue weighted by Gasteiger charge is 2.29. The Labute approximate surface area is 129 Å². The summed E-state index contributed by atoms with van der Waals surface area (Å²) in [4.78, 5) is 14.8. The van der Waals surface area contributed by atoms with Crippen LogP contribution in [-0.2, 0) is 6.42 Å². The van der Waals surface area contributed by atoms with Gasteiger partial charge in [0.25, 0.3) is 5.91 Å². The van der Waals surface area contributed by atoms with E-state index in [-0.39, 0.29) is 11.9 Å². The average Bonchev–Trinajstić information content (AvgIpc) is 3.14. The summed E-state index contributed by atoms with van der Waals surface area (Å²) >= 11 is 1.57. The van der Waals surface area contributed by atoms with Crippen LogP contribution in [0.25, 0.3) is 0 Å². The number of amides is 1. The molecule has 3 heterocycles. The first kappa shape index (κ1) is 14.4. The molecule has 1 fully saturated rings. The summed E-state index contributed by atoms with van der Waals surface area (Å²) in [6.45, 7) is 2.91. The highest BCUT2D eigenvalue weighted by Crippen LogP contribution is 2.32.